The minimum atomic E-state index is -0.543. The highest BCUT2D eigenvalue weighted by molar-refractivity contribution is 5.94. The van der Waals surface area contributed by atoms with Crippen molar-refractivity contribution < 1.29 is 14.3 Å². The van der Waals surface area contributed by atoms with Gasteiger partial charge in [-0.05, 0) is 38.3 Å². The number of nitrogens with two attached hydrogens (primary N) is 1. The summed E-state index contributed by atoms with van der Waals surface area (Å²) in [5.41, 5.74) is 6.48. The summed E-state index contributed by atoms with van der Waals surface area (Å²) in [6.45, 7) is 9.19. The number of hydrogen-bond donors (Lipinski definition) is 2. The molecule has 1 atom stereocenters. The van der Waals surface area contributed by atoms with Crippen LogP contribution in [0.5, 0.6) is 5.75 Å². The van der Waals surface area contributed by atoms with Gasteiger partial charge in [-0.1, -0.05) is 19.9 Å². The summed E-state index contributed by atoms with van der Waals surface area (Å²) in [6.07, 6.45) is 0.625. The number of nitrogens with zero attached hydrogens (tertiary/aromatic N) is 1. The van der Waals surface area contributed by atoms with Gasteiger partial charge in [0.15, 0.2) is 6.61 Å². The van der Waals surface area contributed by atoms with E-state index in [1.165, 1.54) is 0 Å². The lowest BCUT2D eigenvalue weighted by Crippen LogP contribution is -2.36. The van der Waals surface area contributed by atoms with E-state index in [-0.39, 0.29) is 18.4 Å². The van der Waals surface area contributed by atoms with Gasteiger partial charge >= 0.3 is 0 Å². The number of likely N-dealkylation sites (N-methyl/N-ethyl adjacent to an activating group) is 1. The van der Waals surface area contributed by atoms with Crippen LogP contribution in [-0.4, -0.2) is 42.5 Å². The van der Waals surface area contributed by atoms with Crippen LogP contribution < -0.4 is 15.8 Å². The number of benzene rings is 1. The van der Waals surface area contributed by atoms with E-state index in [9.17, 15) is 9.59 Å². The molecule has 134 valence electrons. The molecule has 3 N–H and O–H groups in total. The number of carbonyl (C=O) groups excluding carboxylic acids is 2. The Kier molecular flexibility index (Phi) is 8.26. The summed E-state index contributed by atoms with van der Waals surface area (Å²) in [6, 6.07) is 6.42. The van der Waals surface area contributed by atoms with Crippen molar-refractivity contribution in [2.75, 3.05) is 25.0 Å². The minimum absolute atomic E-state index is 0.0219. The Morgan fingerprint density at radius 1 is 1.25 bits per heavy atom. The second-order valence-corrected chi connectivity index (χ2v) is 6.11. The standard InChI is InChI=1S/C18H29N3O3/c1-5-21(6-2)17(22)12-24-15-9-7-8-14(11-15)20-18(23)16(19)10-13(3)4/h7-9,11,13,16H,5-6,10,12,19H2,1-4H3,(H,20,23)/t16-/m0/s1. The number of carbonyl (C=O) groups is 2. The van der Waals surface area contributed by atoms with E-state index in [4.69, 9.17) is 10.5 Å². The zero-order valence-electron chi connectivity index (χ0n) is 15.0. The van der Waals surface area contributed by atoms with Gasteiger partial charge in [0.1, 0.15) is 5.75 Å². The first kappa shape index (κ1) is 20.0. The molecule has 1 rings (SSSR count). The van der Waals surface area contributed by atoms with Crippen LogP contribution in [0.3, 0.4) is 0 Å². The molecule has 0 unspecified atom stereocenters. The predicted octanol–water partition coefficient (Wildman–Crippen LogP) is 2.25. The van der Waals surface area contributed by atoms with E-state index in [0.29, 0.717) is 36.9 Å². The molecule has 0 aliphatic rings. The number of amides is 2. The van der Waals surface area contributed by atoms with Crippen LogP contribution in [0, 0.1) is 5.92 Å². The van der Waals surface area contributed by atoms with Gasteiger partial charge in [0.25, 0.3) is 5.91 Å². The van der Waals surface area contributed by atoms with Crippen LogP contribution >= 0.6 is 0 Å². The molecule has 0 aliphatic heterocycles. The molecule has 6 heteroatoms. The first-order valence-corrected chi connectivity index (χ1v) is 8.44. The molecule has 0 bridgehead atoms. The third-order valence-corrected chi connectivity index (χ3v) is 3.64. The van der Waals surface area contributed by atoms with Crippen LogP contribution in [0.4, 0.5) is 5.69 Å². The van der Waals surface area contributed by atoms with Crippen molar-refractivity contribution in [1.29, 1.82) is 0 Å². The number of anilines is 1. The average molecular weight is 335 g/mol. The summed E-state index contributed by atoms with van der Waals surface area (Å²) in [7, 11) is 0. The highest BCUT2D eigenvalue weighted by Crippen LogP contribution is 2.18. The molecule has 0 fully saturated rings. The summed E-state index contributed by atoms with van der Waals surface area (Å²) in [5.74, 6) is 0.603. The first-order chi connectivity index (χ1) is 11.4. The summed E-state index contributed by atoms with van der Waals surface area (Å²) in [5, 5.41) is 2.78. The van der Waals surface area contributed by atoms with Crippen LogP contribution in [0.15, 0.2) is 24.3 Å². The molecule has 1 aromatic carbocycles. The van der Waals surface area contributed by atoms with Gasteiger partial charge in [0.05, 0.1) is 6.04 Å². The van der Waals surface area contributed by atoms with E-state index in [1.54, 1.807) is 29.2 Å². The molecule has 0 radical (unpaired) electrons. The SMILES string of the molecule is CCN(CC)C(=O)COc1cccc(NC(=O)[C@@H](N)CC(C)C)c1. The fourth-order valence-electron chi connectivity index (χ4n) is 2.33. The maximum atomic E-state index is 12.1. The zero-order chi connectivity index (χ0) is 18.1. The van der Waals surface area contributed by atoms with E-state index < -0.39 is 6.04 Å². The number of ether oxygens (including phenoxy) is 1. The fraction of sp³-hybridized carbons (Fsp3) is 0.556. The predicted molar refractivity (Wildman–Crippen MR) is 95.9 cm³/mol. The van der Waals surface area contributed by atoms with Gasteiger partial charge in [-0.15, -0.1) is 0 Å². The van der Waals surface area contributed by atoms with Crippen molar-refractivity contribution in [1.82, 2.24) is 4.90 Å². The van der Waals surface area contributed by atoms with Crippen molar-refractivity contribution in [3.8, 4) is 5.75 Å². The molecule has 0 aliphatic carbocycles. The Labute approximate surface area is 144 Å². The van der Waals surface area contributed by atoms with Crippen molar-refractivity contribution in [2.24, 2.45) is 11.7 Å². The lowest BCUT2D eigenvalue weighted by molar-refractivity contribution is -0.133. The zero-order valence-corrected chi connectivity index (χ0v) is 15.0. The summed E-state index contributed by atoms with van der Waals surface area (Å²) < 4.78 is 5.53. The van der Waals surface area contributed by atoms with E-state index >= 15 is 0 Å². The van der Waals surface area contributed by atoms with Gasteiger partial charge in [-0.25, -0.2) is 0 Å². The molecule has 0 heterocycles. The summed E-state index contributed by atoms with van der Waals surface area (Å²) >= 11 is 0. The van der Waals surface area contributed by atoms with E-state index in [1.807, 2.05) is 27.7 Å². The van der Waals surface area contributed by atoms with Crippen LogP contribution in [0.1, 0.15) is 34.1 Å². The molecule has 0 aromatic heterocycles. The lowest BCUT2D eigenvalue weighted by atomic mass is 10.0. The lowest BCUT2D eigenvalue weighted by Gasteiger charge is -2.19. The van der Waals surface area contributed by atoms with Crippen molar-refractivity contribution in [3.63, 3.8) is 0 Å². The number of hydrogen-bond acceptors (Lipinski definition) is 4. The molecule has 24 heavy (non-hydrogen) atoms. The van der Waals surface area contributed by atoms with Crippen LogP contribution in [0.25, 0.3) is 0 Å². The normalized spacial score (nSPS) is 11.9. The first-order valence-electron chi connectivity index (χ1n) is 8.44. The number of nitrogens with one attached hydrogen (secondary N) is 1. The van der Waals surface area contributed by atoms with Gasteiger partial charge in [0, 0.05) is 24.8 Å². The smallest absolute Gasteiger partial charge is 0.260 e. The second kappa shape index (κ2) is 9.93. The van der Waals surface area contributed by atoms with Gasteiger partial charge in [-0.2, -0.15) is 0 Å². The maximum absolute atomic E-state index is 12.1. The molecular weight excluding hydrogens is 306 g/mol. The fourth-order valence-corrected chi connectivity index (χ4v) is 2.33. The highest BCUT2D eigenvalue weighted by atomic mass is 16.5. The third-order valence-electron chi connectivity index (χ3n) is 3.64. The molecule has 0 spiro atoms. The Morgan fingerprint density at radius 3 is 2.50 bits per heavy atom. The molecule has 0 saturated heterocycles. The molecular formula is C18H29N3O3. The molecule has 2 amide bonds. The molecule has 6 nitrogen and oxygen atoms in total. The highest BCUT2D eigenvalue weighted by Gasteiger charge is 2.15. The van der Waals surface area contributed by atoms with E-state index in [2.05, 4.69) is 5.32 Å². The second-order valence-electron chi connectivity index (χ2n) is 6.11. The monoisotopic (exact) mass is 335 g/mol. The Hall–Kier alpha value is -2.08. The van der Waals surface area contributed by atoms with Gasteiger partial charge in [-0.3, -0.25) is 9.59 Å². The Bertz CT molecular complexity index is 542. The van der Waals surface area contributed by atoms with Crippen LogP contribution in [0.2, 0.25) is 0 Å². The molecule has 1 aromatic rings. The van der Waals surface area contributed by atoms with Gasteiger partial charge in [0.2, 0.25) is 5.91 Å². The van der Waals surface area contributed by atoms with Crippen LogP contribution in [-0.2, 0) is 9.59 Å². The quantitative estimate of drug-likeness (QED) is 0.725. The molecule has 0 saturated carbocycles. The van der Waals surface area contributed by atoms with E-state index in [0.717, 1.165) is 0 Å². The Balaban J connectivity index is 2.60. The minimum Gasteiger partial charge on any atom is -0.484 e. The summed E-state index contributed by atoms with van der Waals surface area (Å²) in [4.78, 5) is 25.7. The van der Waals surface area contributed by atoms with Crippen molar-refractivity contribution >= 4 is 17.5 Å². The largest absolute Gasteiger partial charge is 0.484 e. The number of rotatable bonds is 9. The average Bonchev–Trinajstić information content (AvgIpc) is 2.53. The third kappa shape index (κ3) is 6.58. The topological polar surface area (TPSA) is 84.7 Å². The maximum Gasteiger partial charge on any atom is 0.260 e. The van der Waals surface area contributed by atoms with Crippen molar-refractivity contribution in [3.05, 3.63) is 24.3 Å². The van der Waals surface area contributed by atoms with Crippen molar-refractivity contribution in [2.45, 2.75) is 40.2 Å². The Morgan fingerprint density at radius 2 is 1.92 bits per heavy atom. The van der Waals surface area contributed by atoms with Gasteiger partial charge < -0.3 is 20.7 Å².